The highest BCUT2D eigenvalue weighted by atomic mass is 16.7. The van der Waals surface area contributed by atoms with E-state index in [0.29, 0.717) is 19.4 Å². The van der Waals surface area contributed by atoms with E-state index in [-0.39, 0.29) is 18.5 Å². The molecule has 1 amide bonds. The van der Waals surface area contributed by atoms with Crippen molar-refractivity contribution in [2.45, 2.75) is 429 Å². The van der Waals surface area contributed by atoms with Crippen LogP contribution < -0.4 is 5.32 Å². The van der Waals surface area contributed by atoms with Gasteiger partial charge in [0.25, 0.3) is 0 Å². The van der Waals surface area contributed by atoms with Crippen molar-refractivity contribution < 1.29 is 49.3 Å². The van der Waals surface area contributed by atoms with Gasteiger partial charge in [-0.25, -0.2) is 0 Å². The zero-order chi connectivity index (χ0) is 64.4. The lowest BCUT2D eigenvalue weighted by atomic mass is 9.99. The van der Waals surface area contributed by atoms with Crippen molar-refractivity contribution in [2.24, 2.45) is 0 Å². The molecule has 0 aromatic rings. The Morgan fingerprint density at radius 2 is 0.719 bits per heavy atom. The van der Waals surface area contributed by atoms with Gasteiger partial charge in [-0.05, 0) is 83.5 Å². The summed E-state index contributed by atoms with van der Waals surface area (Å²) in [5, 5.41) is 54.4. The first-order valence-corrected chi connectivity index (χ1v) is 38.8. The van der Waals surface area contributed by atoms with Crippen LogP contribution in [0.4, 0.5) is 0 Å². The van der Waals surface area contributed by atoms with Gasteiger partial charge in [0.1, 0.15) is 24.4 Å². The molecule has 89 heavy (non-hydrogen) atoms. The molecule has 7 atom stereocenters. The van der Waals surface area contributed by atoms with Crippen molar-refractivity contribution >= 4 is 11.9 Å². The summed E-state index contributed by atoms with van der Waals surface area (Å²) < 4.78 is 16.7. The fourth-order valence-corrected chi connectivity index (χ4v) is 12.4. The summed E-state index contributed by atoms with van der Waals surface area (Å²) in [5.74, 6) is -0.170. The SMILES string of the molecule is CCCCCCC/C=C\CCCCCCCC(=O)OCCCCCCCCCCCCCCCCCC/C=C\CCCCCCCCCCCCCCCCCCCC(=O)NC(COC1OC(CO)C(O)C(O)C1O)C(O)/C=C/CCCCCCCCCC. The maximum absolute atomic E-state index is 13.0. The maximum Gasteiger partial charge on any atom is 0.305 e. The van der Waals surface area contributed by atoms with Gasteiger partial charge in [-0.1, -0.05) is 326 Å². The predicted octanol–water partition coefficient (Wildman–Crippen LogP) is 20.5. The van der Waals surface area contributed by atoms with Gasteiger partial charge in [0.15, 0.2) is 6.29 Å². The molecule has 0 aliphatic carbocycles. The molecule has 11 heteroatoms. The van der Waals surface area contributed by atoms with E-state index in [0.717, 1.165) is 57.8 Å². The van der Waals surface area contributed by atoms with Crippen LogP contribution in [0.1, 0.15) is 386 Å². The number of hydrogen-bond acceptors (Lipinski definition) is 10. The normalized spacial score (nSPS) is 17.9. The number of nitrogens with one attached hydrogen (secondary N) is 1. The van der Waals surface area contributed by atoms with Gasteiger partial charge in [0.05, 0.1) is 32.0 Å². The highest BCUT2D eigenvalue weighted by Crippen LogP contribution is 2.24. The lowest BCUT2D eigenvalue weighted by molar-refractivity contribution is -0.302. The van der Waals surface area contributed by atoms with Gasteiger partial charge in [0.2, 0.25) is 5.91 Å². The summed E-state index contributed by atoms with van der Waals surface area (Å²) >= 11 is 0. The molecule has 0 aromatic carbocycles. The van der Waals surface area contributed by atoms with Gasteiger partial charge in [0, 0.05) is 12.8 Å². The minimum absolute atomic E-state index is 0.00713. The summed E-state index contributed by atoms with van der Waals surface area (Å²) in [6.45, 7) is 4.36. The van der Waals surface area contributed by atoms with Gasteiger partial charge in [-0.3, -0.25) is 9.59 Å². The van der Waals surface area contributed by atoms with Crippen LogP contribution in [0.3, 0.4) is 0 Å². The Balaban J connectivity index is 1.87. The molecule has 0 aromatic heterocycles. The van der Waals surface area contributed by atoms with E-state index < -0.39 is 49.5 Å². The molecular formula is C78H147NO10. The number of allylic oxidation sites excluding steroid dienone is 5. The lowest BCUT2D eigenvalue weighted by Gasteiger charge is -2.40. The summed E-state index contributed by atoms with van der Waals surface area (Å²) in [6.07, 6.45) is 77.5. The van der Waals surface area contributed by atoms with Gasteiger partial charge >= 0.3 is 5.97 Å². The Bertz CT molecular complexity index is 1570. The average molecular weight is 1260 g/mol. The second-order valence-corrected chi connectivity index (χ2v) is 27.1. The topological polar surface area (TPSA) is 175 Å². The van der Waals surface area contributed by atoms with Crippen molar-refractivity contribution in [3.63, 3.8) is 0 Å². The van der Waals surface area contributed by atoms with Crippen molar-refractivity contribution in [3.8, 4) is 0 Å². The molecule has 11 nitrogen and oxygen atoms in total. The molecule has 6 N–H and O–H groups in total. The summed E-state index contributed by atoms with van der Waals surface area (Å²) in [5.41, 5.74) is 0. The molecule has 1 aliphatic rings. The highest BCUT2D eigenvalue weighted by molar-refractivity contribution is 5.76. The predicted molar refractivity (Wildman–Crippen MR) is 375 cm³/mol. The van der Waals surface area contributed by atoms with Crippen LogP contribution in [0, 0.1) is 0 Å². The van der Waals surface area contributed by atoms with Crippen LogP contribution in [0.25, 0.3) is 0 Å². The summed E-state index contributed by atoms with van der Waals surface area (Å²) in [7, 11) is 0. The van der Waals surface area contributed by atoms with E-state index in [1.54, 1.807) is 6.08 Å². The Kier molecular flexibility index (Phi) is 64.2. The van der Waals surface area contributed by atoms with Crippen molar-refractivity contribution in [1.82, 2.24) is 5.32 Å². The molecule has 1 fully saturated rings. The summed E-state index contributed by atoms with van der Waals surface area (Å²) in [4.78, 5) is 25.1. The quantitative estimate of drug-likeness (QED) is 0.0195. The minimum Gasteiger partial charge on any atom is -0.466 e. The van der Waals surface area contributed by atoms with E-state index in [1.165, 1.54) is 302 Å². The maximum atomic E-state index is 13.0. The third kappa shape index (κ3) is 56.0. The average Bonchev–Trinajstić information content (AvgIpc) is 2.38. The summed E-state index contributed by atoms with van der Waals surface area (Å²) in [6, 6.07) is -0.806. The zero-order valence-corrected chi connectivity index (χ0v) is 58.4. The fraction of sp³-hybridized carbons (Fsp3) is 0.897. The highest BCUT2D eigenvalue weighted by Gasteiger charge is 2.44. The van der Waals surface area contributed by atoms with Crippen LogP contribution in [-0.2, 0) is 23.8 Å². The molecule has 0 bridgehead atoms. The van der Waals surface area contributed by atoms with Crippen LogP contribution in [0.2, 0.25) is 0 Å². The molecule has 1 heterocycles. The largest absolute Gasteiger partial charge is 0.466 e. The van der Waals surface area contributed by atoms with Crippen LogP contribution in [0.15, 0.2) is 36.5 Å². The first-order chi connectivity index (χ1) is 43.7. The Hall–Kier alpha value is -2.12. The third-order valence-electron chi connectivity index (χ3n) is 18.5. The van der Waals surface area contributed by atoms with E-state index >= 15 is 0 Å². The smallest absolute Gasteiger partial charge is 0.305 e. The number of carbonyl (C=O) groups excluding carboxylic acids is 2. The Morgan fingerprint density at radius 3 is 1.08 bits per heavy atom. The van der Waals surface area contributed by atoms with E-state index in [9.17, 15) is 35.1 Å². The second kappa shape index (κ2) is 67.3. The number of aliphatic hydroxyl groups is 5. The number of carbonyl (C=O) groups is 2. The molecule has 1 saturated heterocycles. The number of rotatable bonds is 69. The Labute approximate surface area is 549 Å². The molecule has 7 unspecified atom stereocenters. The van der Waals surface area contributed by atoms with Gasteiger partial charge in [-0.15, -0.1) is 0 Å². The molecule has 1 rings (SSSR count). The molecule has 524 valence electrons. The van der Waals surface area contributed by atoms with Crippen LogP contribution >= 0.6 is 0 Å². The first kappa shape index (κ1) is 84.9. The number of aliphatic hydroxyl groups excluding tert-OH is 5. The minimum atomic E-state index is -1.57. The number of hydrogen-bond donors (Lipinski definition) is 6. The van der Waals surface area contributed by atoms with Gasteiger partial charge < -0.3 is 45.1 Å². The van der Waals surface area contributed by atoms with Crippen LogP contribution in [-0.4, -0.2) is 100 Å². The van der Waals surface area contributed by atoms with E-state index in [1.807, 2.05) is 6.08 Å². The number of amides is 1. The van der Waals surface area contributed by atoms with Crippen molar-refractivity contribution in [2.75, 3.05) is 19.8 Å². The number of ether oxygens (including phenoxy) is 3. The van der Waals surface area contributed by atoms with E-state index in [4.69, 9.17) is 14.2 Å². The number of esters is 1. The molecule has 0 radical (unpaired) electrons. The monoisotopic (exact) mass is 1260 g/mol. The standard InChI is InChI=1S/C78H147NO10/c1-3-5-7-9-11-13-15-16-43-46-50-54-58-62-66-74(83)87-67-63-59-55-51-47-44-41-39-37-35-33-31-29-27-25-23-21-19-17-18-20-22-24-26-28-30-32-34-36-38-40-42-45-49-53-57-61-65-73(82)79-70(69-88-78-77(86)76(85)75(84)72(68-80)89-78)71(81)64-60-56-52-48-14-12-10-8-6-4-2/h15-17,19,60,64,70-72,75-78,80-81,84-86H,3-14,18,20-59,61-63,65-69H2,1-2H3,(H,79,82)/b16-15-,19-17-,64-60+. The lowest BCUT2D eigenvalue weighted by Crippen LogP contribution is -2.60. The van der Waals surface area contributed by atoms with Crippen LogP contribution in [0.5, 0.6) is 0 Å². The first-order valence-electron chi connectivity index (χ1n) is 38.8. The zero-order valence-electron chi connectivity index (χ0n) is 58.4. The molecule has 0 spiro atoms. The molecule has 0 saturated carbocycles. The molecule has 1 aliphatic heterocycles. The third-order valence-corrected chi connectivity index (χ3v) is 18.5. The fourth-order valence-electron chi connectivity index (χ4n) is 12.4. The van der Waals surface area contributed by atoms with Crippen molar-refractivity contribution in [3.05, 3.63) is 36.5 Å². The van der Waals surface area contributed by atoms with Crippen molar-refractivity contribution in [1.29, 1.82) is 0 Å². The Morgan fingerprint density at radius 1 is 0.404 bits per heavy atom. The second-order valence-electron chi connectivity index (χ2n) is 27.1. The van der Waals surface area contributed by atoms with Gasteiger partial charge in [-0.2, -0.15) is 0 Å². The number of unbranched alkanes of at least 4 members (excludes halogenated alkanes) is 51. The van der Waals surface area contributed by atoms with E-state index in [2.05, 4.69) is 43.5 Å². The molecular weight excluding hydrogens is 1110 g/mol.